The summed E-state index contributed by atoms with van der Waals surface area (Å²) in [6.45, 7) is 1.73. The minimum atomic E-state index is -1.40. The van der Waals surface area contributed by atoms with Crippen molar-refractivity contribution in [2.24, 2.45) is 5.73 Å². The fourth-order valence-corrected chi connectivity index (χ4v) is 1.84. The summed E-state index contributed by atoms with van der Waals surface area (Å²) in [4.78, 5) is 0. The first-order valence-corrected chi connectivity index (χ1v) is 5.63. The normalized spacial score (nSPS) is 15.0. The van der Waals surface area contributed by atoms with E-state index in [9.17, 15) is 8.78 Å². The molecule has 1 nitrogen and oxygen atoms in total. The zero-order valence-corrected chi connectivity index (χ0v) is 10.2. The Morgan fingerprint density at radius 1 is 1.47 bits per heavy atom. The van der Waals surface area contributed by atoms with E-state index in [1.807, 2.05) is 0 Å². The minimum absolute atomic E-state index is 0.0205. The first-order chi connectivity index (χ1) is 7.00. The van der Waals surface area contributed by atoms with Crippen LogP contribution in [0.1, 0.15) is 18.9 Å². The zero-order valence-electron chi connectivity index (χ0n) is 8.56. The summed E-state index contributed by atoms with van der Waals surface area (Å²) < 4.78 is 27.4. The first kappa shape index (κ1) is 12.6. The van der Waals surface area contributed by atoms with Gasteiger partial charge < -0.3 is 5.73 Å². The molecule has 0 radical (unpaired) electrons. The summed E-state index contributed by atoms with van der Waals surface area (Å²) in [7, 11) is 0. The van der Waals surface area contributed by atoms with E-state index >= 15 is 0 Å². The SMILES string of the molecule is CCC(F)(CN)Cc1ccc(F)cc1Br. The van der Waals surface area contributed by atoms with Crippen molar-refractivity contribution in [3.63, 3.8) is 0 Å². The Balaban J connectivity index is 2.89. The smallest absolute Gasteiger partial charge is 0.127 e. The lowest BCUT2D eigenvalue weighted by molar-refractivity contribution is 0.167. The van der Waals surface area contributed by atoms with Gasteiger partial charge in [-0.1, -0.05) is 28.9 Å². The average molecular weight is 278 g/mol. The van der Waals surface area contributed by atoms with Gasteiger partial charge >= 0.3 is 0 Å². The summed E-state index contributed by atoms with van der Waals surface area (Å²) in [5.74, 6) is -0.334. The van der Waals surface area contributed by atoms with Gasteiger partial charge in [-0.2, -0.15) is 0 Å². The standard InChI is InChI=1S/C11H14BrF2N/c1-2-11(14,7-15)6-8-3-4-9(13)5-10(8)12/h3-5H,2,6-7,15H2,1H3. The van der Waals surface area contributed by atoms with E-state index in [2.05, 4.69) is 15.9 Å². The molecule has 1 rings (SSSR count). The van der Waals surface area contributed by atoms with Gasteiger partial charge in [0.05, 0.1) is 0 Å². The van der Waals surface area contributed by atoms with Gasteiger partial charge in [-0.25, -0.2) is 8.78 Å². The number of hydrogen-bond acceptors (Lipinski definition) is 1. The quantitative estimate of drug-likeness (QED) is 0.899. The van der Waals surface area contributed by atoms with E-state index in [1.165, 1.54) is 12.1 Å². The van der Waals surface area contributed by atoms with Crippen LogP contribution in [-0.2, 0) is 6.42 Å². The van der Waals surface area contributed by atoms with E-state index in [-0.39, 0.29) is 18.8 Å². The number of hydrogen-bond donors (Lipinski definition) is 1. The molecule has 0 fully saturated rings. The van der Waals surface area contributed by atoms with Crippen molar-refractivity contribution in [3.05, 3.63) is 34.1 Å². The number of alkyl halides is 1. The Labute approximate surface area is 96.8 Å². The van der Waals surface area contributed by atoms with Gasteiger partial charge in [0, 0.05) is 17.4 Å². The molecule has 0 aliphatic carbocycles. The van der Waals surface area contributed by atoms with Gasteiger partial charge in [0.1, 0.15) is 11.5 Å². The van der Waals surface area contributed by atoms with Gasteiger partial charge in [0.2, 0.25) is 0 Å². The second kappa shape index (κ2) is 5.03. The molecule has 0 aromatic heterocycles. The molecule has 0 aliphatic heterocycles. The van der Waals surface area contributed by atoms with E-state index in [1.54, 1.807) is 13.0 Å². The molecular formula is C11H14BrF2N. The molecule has 84 valence electrons. The number of benzene rings is 1. The lowest BCUT2D eigenvalue weighted by Crippen LogP contribution is -2.34. The largest absolute Gasteiger partial charge is 0.328 e. The van der Waals surface area contributed by atoms with Crippen molar-refractivity contribution in [3.8, 4) is 0 Å². The highest BCUT2D eigenvalue weighted by Gasteiger charge is 2.26. The van der Waals surface area contributed by atoms with Crippen LogP contribution in [0.2, 0.25) is 0 Å². The van der Waals surface area contributed by atoms with Crippen molar-refractivity contribution in [1.29, 1.82) is 0 Å². The van der Waals surface area contributed by atoms with Crippen LogP contribution in [0.25, 0.3) is 0 Å². The van der Waals surface area contributed by atoms with Crippen LogP contribution in [0.4, 0.5) is 8.78 Å². The average Bonchev–Trinajstić information content (AvgIpc) is 2.22. The van der Waals surface area contributed by atoms with Gasteiger partial charge in [-0.05, 0) is 24.1 Å². The topological polar surface area (TPSA) is 26.0 Å². The minimum Gasteiger partial charge on any atom is -0.328 e. The third kappa shape index (κ3) is 3.24. The molecule has 15 heavy (non-hydrogen) atoms. The molecule has 0 aliphatic rings. The molecule has 4 heteroatoms. The highest BCUT2D eigenvalue weighted by atomic mass is 79.9. The fraction of sp³-hybridized carbons (Fsp3) is 0.455. The summed E-state index contributed by atoms with van der Waals surface area (Å²) in [6.07, 6.45) is 0.564. The molecule has 1 aromatic rings. The molecular weight excluding hydrogens is 264 g/mol. The Bertz CT molecular complexity index is 337. The second-order valence-corrected chi connectivity index (χ2v) is 4.48. The van der Waals surface area contributed by atoms with Crippen LogP contribution < -0.4 is 5.73 Å². The molecule has 0 heterocycles. The molecule has 1 aromatic carbocycles. The lowest BCUT2D eigenvalue weighted by Gasteiger charge is -2.22. The number of nitrogens with two attached hydrogens (primary N) is 1. The predicted octanol–water partition coefficient (Wildman–Crippen LogP) is 3.21. The molecule has 1 unspecified atom stereocenters. The third-order valence-electron chi connectivity index (χ3n) is 2.52. The fourth-order valence-electron chi connectivity index (χ4n) is 1.35. The molecule has 0 spiro atoms. The monoisotopic (exact) mass is 277 g/mol. The van der Waals surface area contributed by atoms with Gasteiger partial charge in [-0.15, -0.1) is 0 Å². The van der Waals surface area contributed by atoms with Crippen molar-refractivity contribution in [1.82, 2.24) is 0 Å². The van der Waals surface area contributed by atoms with Crippen molar-refractivity contribution >= 4 is 15.9 Å². The van der Waals surface area contributed by atoms with Crippen molar-refractivity contribution in [2.75, 3.05) is 6.54 Å². The summed E-state index contributed by atoms with van der Waals surface area (Å²) in [5.41, 5.74) is 4.72. The first-order valence-electron chi connectivity index (χ1n) is 4.83. The summed E-state index contributed by atoms with van der Waals surface area (Å²) in [5, 5.41) is 0. The maximum Gasteiger partial charge on any atom is 0.127 e. The molecule has 1 atom stereocenters. The van der Waals surface area contributed by atoms with Crippen LogP contribution in [0.3, 0.4) is 0 Å². The van der Waals surface area contributed by atoms with Crippen LogP contribution in [-0.4, -0.2) is 12.2 Å². The molecule has 0 saturated carbocycles. The Hall–Kier alpha value is -0.480. The van der Waals surface area contributed by atoms with E-state index in [0.717, 1.165) is 5.56 Å². The van der Waals surface area contributed by atoms with Gasteiger partial charge in [0.25, 0.3) is 0 Å². The van der Waals surface area contributed by atoms with Gasteiger partial charge in [0.15, 0.2) is 0 Å². The van der Waals surface area contributed by atoms with E-state index in [0.29, 0.717) is 10.9 Å². The highest BCUT2D eigenvalue weighted by Crippen LogP contribution is 2.26. The van der Waals surface area contributed by atoms with Crippen LogP contribution in [0.15, 0.2) is 22.7 Å². The van der Waals surface area contributed by atoms with E-state index in [4.69, 9.17) is 5.73 Å². The highest BCUT2D eigenvalue weighted by molar-refractivity contribution is 9.10. The summed E-state index contributed by atoms with van der Waals surface area (Å²) >= 11 is 3.21. The van der Waals surface area contributed by atoms with Gasteiger partial charge in [-0.3, -0.25) is 0 Å². The van der Waals surface area contributed by atoms with Crippen molar-refractivity contribution < 1.29 is 8.78 Å². The predicted molar refractivity (Wildman–Crippen MR) is 61.0 cm³/mol. The Morgan fingerprint density at radius 2 is 2.13 bits per heavy atom. The third-order valence-corrected chi connectivity index (χ3v) is 3.26. The molecule has 0 bridgehead atoms. The number of rotatable bonds is 4. The van der Waals surface area contributed by atoms with E-state index < -0.39 is 5.67 Å². The Morgan fingerprint density at radius 3 is 2.60 bits per heavy atom. The van der Waals surface area contributed by atoms with Crippen LogP contribution >= 0.6 is 15.9 Å². The molecule has 0 amide bonds. The zero-order chi connectivity index (χ0) is 11.5. The maximum atomic E-state index is 14.0. The second-order valence-electron chi connectivity index (χ2n) is 3.62. The van der Waals surface area contributed by atoms with Crippen LogP contribution in [0.5, 0.6) is 0 Å². The van der Waals surface area contributed by atoms with Crippen molar-refractivity contribution in [2.45, 2.75) is 25.4 Å². The Kier molecular flexibility index (Phi) is 4.22. The molecule has 0 saturated heterocycles. The number of halogens is 3. The van der Waals surface area contributed by atoms with Crippen LogP contribution in [0, 0.1) is 5.82 Å². The lowest BCUT2D eigenvalue weighted by atomic mass is 9.94. The maximum absolute atomic E-state index is 14.0. The molecule has 2 N–H and O–H groups in total. The summed E-state index contributed by atoms with van der Waals surface area (Å²) in [6, 6.07) is 4.24.